The van der Waals surface area contributed by atoms with E-state index in [1.54, 1.807) is 6.21 Å². The highest BCUT2D eigenvalue weighted by Crippen LogP contribution is 2.23. The van der Waals surface area contributed by atoms with Gasteiger partial charge in [0.1, 0.15) is 5.52 Å². The van der Waals surface area contributed by atoms with Crippen LogP contribution in [0.1, 0.15) is 11.1 Å². The summed E-state index contributed by atoms with van der Waals surface area (Å²) in [6, 6.07) is 14.2. The number of H-pyrrole nitrogens is 1. The van der Waals surface area contributed by atoms with Crippen molar-refractivity contribution in [1.29, 1.82) is 0 Å². The maximum absolute atomic E-state index is 4.45. The second-order valence-electron chi connectivity index (χ2n) is 6.36. The molecule has 0 bridgehead atoms. The second kappa shape index (κ2) is 6.44. The summed E-state index contributed by atoms with van der Waals surface area (Å²) in [6.45, 7) is 2.05. The van der Waals surface area contributed by atoms with E-state index < -0.39 is 0 Å². The fourth-order valence-corrected chi connectivity index (χ4v) is 2.76. The lowest BCUT2D eigenvalue weighted by atomic mass is 10.2. The van der Waals surface area contributed by atoms with Gasteiger partial charge in [-0.2, -0.15) is 10.1 Å². The molecule has 0 radical (unpaired) electrons. The van der Waals surface area contributed by atoms with E-state index in [9.17, 15) is 0 Å². The Morgan fingerprint density at radius 1 is 1.08 bits per heavy atom. The molecule has 2 aromatic carbocycles. The zero-order valence-electron chi connectivity index (χ0n) is 14.9. The van der Waals surface area contributed by atoms with Gasteiger partial charge in [-0.1, -0.05) is 23.8 Å². The summed E-state index contributed by atoms with van der Waals surface area (Å²) in [5.41, 5.74) is 8.58. The van der Waals surface area contributed by atoms with Crippen LogP contribution in [0.2, 0.25) is 0 Å². The third kappa shape index (κ3) is 3.06. The Kier molecular flexibility index (Phi) is 3.96. The van der Waals surface area contributed by atoms with Crippen molar-refractivity contribution in [2.24, 2.45) is 5.10 Å². The first-order valence-corrected chi connectivity index (χ1v) is 8.29. The third-order valence-electron chi connectivity index (χ3n) is 4.16. The summed E-state index contributed by atoms with van der Waals surface area (Å²) in [4.78, 5) is 9.76. The van der Waals surface area contributed by atoms with Crippen LogP contribution in [0.3, 0.4) is 0 Å². The minimum absolute atomic E-state index is 0.349. The predicted molar refractivity (Wildman–Crippen MR) is 106 cm³/mol. The van der Waals surface area contributed by atoms with Gasteiger partial charge < -0.3 is 9.88 Å². The highest BCUT2D eigenvalue weighted by atomic mass is 15.4. The number of aromatic nitrogens is 4. The van der Waals surface area contributed by atoms with Gasteiger partial charge in [-0.15, -0.1) is 10.2 Å². The van der Waals surface area contributed by atoms with Gasteiger partial charge in [-0.3, -0.25) is 0 Å². The van der Waals surface area contributed by atoms with Crippen molar-refractivity contribution in [2.45, 2.75) is 6.92 Å². The van der Waals surface area contributed by atoms with E-state index in [4.69, 9.17) is 0 Å². The Balaban J connectivity index is 1.54. The number of fused-ring (bicyclic) bond motifs is 3. The van der Waals surface area contributed by atoms with E-state index in [1.807, 2.05) is 44.4 Å². The fourth-order valence-electron chi connectivity index (χ4n) is 2.76. The maximum atomic E-state index is 4.45. The van der Waals surface area contributed by atoms with E-state index >= 15 is 0 Å². The molecule has 0 atom stereocenters. The molecule has 2 heterocycles. The van der Waals surface area contributed by atoms with Crippen LogP contribution in [0, 0.1) is 6.92 Å². The number of hydrogen-bond acceptors (Lipinski definition) is 6. The molecule has 0 saturated carbocycles. The SMILES string of the molecule is Cc1ccc2[nH]c3nc(NN=Cc4ccc(N(C)C)cc4)nnc3c2c1. The topological polar surface area (TPSA) is 82.1 Å². The van der Waals surface area contributed by atoms with Crippen molar-refractivity contribution >= 4 is 39.9 Å². The summed E-state index contributed by atoms with van der Waals surface area (Å²) < 4.78 is 0. The predicted octanol–water partition coefficient (Wildman–Crippen LogP) is 3.33. The van der Waals surface area contributed by atoms with Gasteiger partial charge in [-0.25, -0.2) is 5.43 Å². The molecule has 0 spiro atoms. The molecule has 0 aliphatic carbocycles. The van der Waals surface area contributed by atoms with Crippen LogP contribution < -0.4 is 10.3 Å². The lowest BCUT2D eigenvalue weighted by molar-refractivity contribution is 1.01. The molecule has 0 saturated heterocycles. The number of benzene rings is 2. The Labute approximate surface area is 150 Å². The fraction of sp³-hybridized carbons (Fsp3) is 0.158. The largest absolute Gasteiger partial charge is 0.378 e. The van der Waals surface area contributed by atoms with Crippen LogP contribution >= 0.6 is 0 Å². The lowest BCUT2D eigenvalue weighted by Crippen LogP contribution is -2.08. The van der Waals surface area contributed by atoms with Crippen LogP contribution in [0.4, 0.5) is 11.6 Å². The highest BCUT2D eigenvalue weighted by Gasteiger charge is 2.08. The average molecular weight is 345 g/mol. The van der Waals surface area contributed by atoms with Crippen molar-refractivity contribution in [2.75, 3.05) is 24.4 Å². The zero-order valence-corrected chi connectivity index (χ0v) is 14.9. The molecule has 0 unspecified atom stereocenters. The van der Waals surface area contributed by atoms with E-state index in [1.165, 1.54) is 5.56 Å². The van der Waals surface area contributed by atoms with Gasteiger partial charge >= 0.3 is 0 Å². The summed E-state index contributed by atoms with van der Waals surface area (Å²) in [7, 11) is 4.02. The van der Waals surface area contributed by atoms with Crippen molar-refractivity contribution in [1.82, 2.24) is 20.2 Å². The minimum atomic E-state index is 0.349. The van der Waals surface area contributed by atoms with Crippen molar-refractivity contribution in [3.63, 3.8) is 0 Å². The van der Waals surface area contributed by atoms with Crippen molar-refractivity contribution in [3.05, 3.63) is 53.6 Å². The van der Waals surface area contributed by atoms with Gasteiger partial charge in [0.2, 0.25) is 0 Å². The minimum Gasteiger partial charge on any atom is -0.378 e. The summed E-state index contributed by atoms with van der Waals surface area (Å²) in [5.74, 6) is 0.349. The first-order chi connectivity index (χ1) is 12.6. The molecule has 0 fully saturated rings. The Hall–Kier alpha value is -3.48. The number of hydrogen-bond donors (Lipinski definition) is 2. The average Bonchev–Trinajstić information content (AvgIpc) is 2.99. The van der Waals surface area contributed by atoms with Crippen LogP contribution in [0.5, 0.6) is 0 Å². The number of rotatable bonds is 4. The second-order valence-corrected chi connectivity index (χ2v) is 6.36. The number of nitrogens with one attached hydrogen (secondary N) is 2. The Morgan fingerprint density at radius 3 is 2.65 bits per heavy atom. The number of anilines is 2. The van der Waals surface area contributed by atoms with Crippen LogP contribution in [0.25, 0.3) is 22.1 Å². The molecule has 7 heteroatoms. The summed E-state index contributed by atoms with van der Waals surface area (Å²) in [6.07, 6.45) is 1.72. The highest BCUT2D eigenvalue weighted by molar-refractivity contribution is 6.03. The number of nitrogens with zero attached hydrogens (tertiary/aromatic N) is 5. The van der Waals surface area contributed by atoms with Gasteiger partial charge in [0.15, 0.2) is 5.65 Å². The van der Waals surface area contributed by atoms with Gasteiger partial charge in [-0.05, 0) is 36.8 Å². The van der Waals surface area contributed by atoms with E-state index in [2.05, 4.69) is 54.6 Å². The number of aromatic amines is 1. The van der Waals surface area contributed by atoms with Crippen LogP contribution in [0.15, 0.2) is 47.6 Å². The van der Waals surface area contributed by atoms with Gasteiger partial charge in [0, 0.05) is 30.7 Å². The molecular weight excluding hydrogens is 326 g/mol. The molecule has 4 aromatic rings. The first-order valence-electron chi connectivity index (χ1n) is 8.29. The van der Waals surface area contributed by atoms with Crippen molar-refractivity contribution < 1.29 is 0 Å². The molecule has 4 rings (SSSR count). The first kappa shape index (κ1) is 16.0. The molecule has 0 aliphatic rings. The summed E-state index contributed by atoms with van der Waals surface area (Å²) >= 11 is 0. The van der Waals surface area contributed by atoms with E-state index in [0.29, 0.717) is 11.6 Å². The molecule has 7 nitrogen and oxygen atoms in total. The lowest BCUT2D eigenvalue weighted by Gasteiger charge is -2.11. The summed E-state index contributed by atoms with van der Waals surface area (Å²) in [5, 5.41) is 13.6. The Morgan fingerprint density at radius 2 is 1.88 bits per heavy atom. The molecule has 130 valence electrons. The number of hydrazone groups is 1. The van der Waals surface area contributed by atoms with Crippen molar-refractivity contribution in [3.8, 4) is 0 Å². The van der Waals surface area contributed by atoms with Crippen LogP contribution in [-0.2, 0) is 0 Å². The van der Waals surface area contributed by atoms with Crippen LogP contribution in [-0.4, -0.2) is 40.5 Å². The standard InChI is InChI=1S/C19H19N7/c1-12-4-9-16-15(10-12)17-18(21-16)22-19(25-23-17)24-20-11-13-5-7-14(8-6-13)26(2)3/h4-11H,1-3H3,(H2,21,22,24,25). The smallest absolute Gasteiger partial charge is 0.265 e. The quantitative estimate of drug-likeness (QED) is 0.438. The monoisotopic (exact) mass is 345 g/mol. The molecule has 2 aromatic heterocycles. The maximum Gasteiger partial charge on any atom is 0.265 e. The normalized spacial score (nSPS) is 11.5. The van der Waals surface area contributed by atoms with E-state index in [0.717, 1.165) is 27.7 Å². The van der Waals surface area contributed by atoms with Gasteiger partial charge in [0.25, 0.3) is 5.95 Å². The Bertz CT molecular complexity index is 1090. The molecule has 2 N–H and O–H groups in total. The number of aryl methyl sites for hydroxylation is 1. The molecular formula is C19H19N7. The van der Waals surface area contributed by atoms with Gasteiger partial charge in [0.05, 0.1) is 6.21 Å². The zero-order chi connectivity index (χ0) is 18.1. The van der Waals surface area contributed by atoms with E-state index in [-0.39, 0.29) is 0 Å². The molecule has 0 aliphatic heterocycles. The molecule has 0 amide bonds. The molecule has 26 heavy (non-hydrogen) atoms. The third-order valence-corrected chi connectivity index (χ3v) is 4.16.